The van der Waals surface area contributed by atoms with Gasteiger partial charge in [-0.3, -0.25) is 9.59 Å². The Hall–Kier alpha value is -2.11. The molecule has 1 aliphatic carbocycles. The first-order chi connectivity index (χ1) is 9.69. The van der Waals surface area contributed by atoms with E-state index in [1.54, 1.807) is 25.4 Å². The molecule has 6 nitrogen and oxygen atoms in total. The highest BCUT2D eigenvalue weighted by Gasteiger charge is 2.22. The summed E-state index contributed by atoms with van der Waals surface area (Å²) >= 11 is 0. The van der Waals surface area contributed by atoms with E-state index in [4.69, 9.17) is 0 Å². The molecule has 2 rings (SSSR count). The molecule has 0 radical (unpaired) electrons. The van der Waals surface area contributed by atoms with E-state index in [9.17, 15) is 9.59 Å². The summed E-state index contributed by atoms with van der Waals surface area (Å²) in [5.74, 6) is 0.580. The maximum Gasteiger partial charge on any atom is 0.251 e. The highest BCUT2D eigenvalue weighted by Crippen LogP contribution is 2.18. The van der Waals surface area contributed by atoms with Gasteiger partial charge in [-0.2, -0.15) is 0 Å². The summed E-state index contributed by atoms with van der Waals surface area (Å²) in [6.07, 6.45) is 4.88. The van der Waals surface area contributed by atoms with Crippen LogP contribution < -0.4 is 16.0 Å². The topological polar surface area (TPSA) is 83.1 Å². The van der Waals surface area contributed by atoms with Crippen molar-refractivity contribution in [2.45, 2.75) is 31.7 Å². The minimum absolute atomic E-state index is 0.0723. The largest absolute Gasteiger partial charge is 0.373 e. The fraction of sp³-hybridized carbons (Fsp3) is 0.500. The molecule has 0 aromatic carbocycles. The van der Waals surface area contributed by atoms with Gasteiger partial charge in [-0.1, -0.05) is 0 Å². The fourth-order valence-electron chi connectivity index (χ4n) is 1.79. The van der Waals surface area contributed by atoms with Gasteiger partial charge in [-0.15, -0.1) is 0 Å². The summed E-state index contributed by atoms with van der Waals surface area (Å²) in [5, 5.41) is 8.61. The summed E-state index contributed by atoms with van der Waals surface area (Å²) < 4.78 is 0. The summed E-state index contributed by atoms with van der Waals surface area (Å²) in [6.45, 7) is 0.494. The van der Waals surface area contributed by atoms with Crippen molar-refractivity contribution in [3.8, 4) is 0 Å². The molecule has 3 N–H and O–H groups in total. The molecular weight excluding hydrogens is 256 g/mol. The number of hydrogen-bond acceptors (Lipinski definition) is 4. The molecule has 1 aromatic heterocycles. The smallest absolute Gasteiger partial charge is 0.251 e. The number of rotatable bonds is 7. The van der Waals surface area contributed by atoms with Crippen molar-refractivity contribution in [3.63, 3.8) is 0 Å². The third-order valence-electron chi connectivity index (χ3n) is 3.09. The molecule has 1 saturated carbocycles. The molecule has 2 amide bonds. The van der Waals surface area contributed by atoms with Crippen LogP contribution in [0.15, 0.2) is 18.3 Å². The van der Waals surface area contributed by atoms with E-state index in [2.05, 4.69) is 20.9 Å². The van der Waals surface area contributed by atoms with Gasteiger partial charge in [0.15, 0.2) is 0 Å². The van der Waals surface area contributed by atoms with Gasteiger partial charge in [-0.05, 0) is 31.4 Å². The van der Waals surface area contributed by atoms with Crippen LogP contribution in [0, 0.1) is 0 Å². The lowest BCUT2D eigenvalue weighted by atomic mass is 10.2. The second-order valence-electron chi connectivity index (χ2n) is 4.88. The lowest BCUT2D eigenvalue weighted by Crippen LogP contribution is -2.28. The van der Waals surface area contributed by atoms with Crippen molar-refractivity contribution in [3.05, 3.63) is 23.9 Å². The molecule has 1 fully saturated rings. The number of pyridine rings is 1. The lowest BCUT2D eigenvalue weighted by molar-refractivity contribution is -0.121. The number of carbonyl (C=O) groups excluding carboxylic acids is 2. The number of carbonyl (C=O) groups is 2. The minimum atomic E-state index is -0.147. The predicted octanol–water partition coefficient (Wildman–Crippen LogP) is 0.912. The van der Waals surface area contributed by atoms with Crippen molar-refractivity contribution in [1.29, 1.82) is 0 Å². The number of amides is 2. The predicted molar refractivity (Wildman–Crippen MR) is 76.5 cm³/mol. The molecule has 1 aliphatic rings. The Bertz CT molecular complexity index is 486. The Morgan fingerprint density at radius 1 is 1.40 bits per heavy atom. The Morgan fingerprint density at radius 3 is 2.90 bits per heavy atom. The molecule has 0 unspecified atom stereocenters. The fourth-order valence-corrected chi connectivity index (χ4v) is 1.79. The lowest BCUT2D eigenvalue weighted by Gasteiger charge is -2.07. The summed E-state index contributed by atoms with van der Waals surface area (Å²) in [7, 11) is 1.75. The zero-order valence-electron chi connectivity index (χ0n) is 11.6. The molecule has 108 valence electrons. The maximum atomic E-state index is 11.9. The van der Waals surface area contributed by atoms with E-state index in [1.807, 2.05) is 0 Å². The van der Waals surface area contributed by atoms with E-state index < -0.39 is 0 Å². The van der Waals surface area contributed by atoms with Gasteiger partial charge in [0.05, 0.1) is 0 Å². The van der Waals surface area contributed by atoms with E-state index in [0.717, 1.165) is 12.8 Å². The number of hydrogen-bond donors (Lipinski definition) is 3. The highest BCUT2D eigenvalue weighted by molar-refractivity contribution is 5.94. The summed E-state index contributed by atoms with van der Waals surface area (Å²) in [5.41, 5.74) is 0.562. The van der Waals surface area contributed by atoms with Crippen molar-refractivity contribution in [2.24, 2.45) is 0 Å². The molecule has 0 aliphatic heterocycles. The van der Waals surface area contributed by atoms with Gasteiger partial charge >= 0.3 is 0 Å². The zero-order valence-corrected chi connectivity index (χ0v) is 11.6. The van der Waals surface area contributed by atoms with Crippen LogP contribution in [0.5, 0.6) is 0 Å². The number of nitrogens with one attached hydrogen (secondary N) is 3. The highest BCUT2D eigenvalue weighted by atomic mass is 16.2. The third kappa shape index (κ3) is 4.53. The zero-order chi connectivity index (χ0) is 14.4. The maximum absolute atomic E-state index is 11.9. The van der Waals surface area contributed by atoms with Gasteiger partial charge in [-0.25, -0.2) is 4.98 Å². The van der Waals surface area contributed by atoms with Crippen LogP contribution in [0.2, 0.25) is 0 Å². The summed E-state index contributed by atoms with van der Waals surface area (Å²) in [6, 6.07) is 3.75. The first-order valence-electron chi connectivity index (χ1n) is 6.90. The van der Waals surface area contributed by atoms with E-state index in [0.29, 0.717) is 36.8 Å². The molecule has 20 heavy (non-hydrogen) atoms. The van der Waals surface area contributed by atoms with E-state index in [1.165, 1.54) is 0 Å². The second kappa shape index (κ2) is 6.88. The van der Waals surface area contributed by atoms with Gasteiger partial charge < -0.3 is 16.0 Å². The molecule has 0 saturated heterocycles. The molecule has 0 atom stereocenters. The Kier molecular flexibility index (Phi) is 4.92. The van der Waals surface area contributed by atoms with Crippen LogP contribution in [-0.2, 0) is 4.79 Å². The van der Waals surface area contributed by atoms with Gasteiger partial charge in [0, 0.05) is 37.8 Å². The Labute approximate surface area is 118 Å². The monoisotopic (exact) mass is 276 g/mol. The molecule has 1 heterocycles. The van der Waals surface area contributed by atoms with Crippen LogP contribution in [0.1, 0.15) is 36.0 Å². The van der Waals surface area contributed by atoms with Crippen molar-refractivity contribution >= 4 is 17.6 Å². The van der Waals surface area contributed by atoms with Gasteiger partial charge in [0.2, 0.25) is 5.91 Å². The van der Waals surface area contributed by atoms with Crippen LogP contribution in [0.3, 0.4) is 0 Å². The Morgan fingerprint density at radius 2 is 2.20 bits per heavy atom. The first kappa shape index (κ1) is 14.3. The average molecular weight is 276 g/mol. The van der Waals surface area contributed by atoms with Crippen molar-refractivity contribution in [2.75, 3.05) is 18.9 Å². The average Bonchev–Trinajstić information content (AvgIpc) is 3.27. The van der Waals surface area contributed by atoms with Crippen LogP contribution in [0.4, 0.5) is 5.82 Å². The van der Waals surface area contributed by atoms with Crippen molar-refractivity contribution < 1.29 is 9.59 Å². The molecule has 1 aromatic rings. The molecular formula is C14H20N4O2. The molecule has 0 spiro atoms. The molecule has 0 bridgehead atoms. The third-order valence-corrected chi connectivity index (χ3v) is 3.09. The minimum Gasteiger partial charge on any atom is -0.373 e. The van der Waals surface area contributed by atoms with Crippen LogP contribution >= 0.6 is 0 Å². The van der Waals surface area contributed by atoms with Gasteiger partial charge in [0.25, 0.3) is 5.91 Å². The van der Waals surface area contributed by atoms with Crippen LogP contribution in [-0.4, -0.2) is 36.4 Å². The SMILES string of the molecule is CNc1cc(C(=O)NCCCC(=O)NC2CC2)ccn1. The van der Waals surface area contributed by atoms with E-state index >= 15 is 0 Å². The number of aromatic nitrogens is 1. The van der Waals surface area contributed by atoms with E-state index in [-0.39, 0.29) is 11.8 Å². The molecule has 6 heteroatoms. The number of anilines is 1. The first-order valence-corrected chi connectivity index (χ1v) is 6.90. The second-order valence-corrected chi connectivity index (χ2v) is 4.88. The Balaban J connectivity index is 1.67. The summed E-state index contributed by atoms with van der Waals surface area (Å²) in [4.78, 5) is 27.4. The van der Waals surface area contributed by atoms with Crippen molar-refractivity contribution in [1.82, 2.24) is 15.6 Å². The standard InChI is InChI=1S/C14H20N4O2/c1-15-12-9-10(6-8-16-12)14(20)17-7-2-3-13(19)18-11-4-5-11/h6,8-9,11H,2-5,7H2,1H3,(H,15,16)(H,17,20)(H,18,19). The number of nitrogens with zero attached hydrogens (tertiary/aromatic N) is 1. The van der Waals surface area contributed by atoms with Gasteiger partial charge in [0.1, 0.15) is 5.82 Å². The normalized spacial score (nSPS) is 13.7. The van der Waals surface area contributed by atoms with Crippen LogP contribution in [0.25, 0.3) is 0 Å². The quantitative estimate of drug-likeness (QED) is 0.646.